The van der Waals surface area contributed by atoms with E-state index in [4.69, 9.17) is 11.6 Å². The molecule has 70 valence electrons. The highest BCUT2D eigenvalue weighted by Gasteiger charge is 1.98. The molecule has 0 nitrogen and oxygen atoms in total. The van der Waals surface area contributed by atoms with Gasteiger partial charge in [-0.05, 0) is 17.7 Å². The van der Waals surface area contributed by atoms with Gasteiger partial charge in [-0.2, -0.15) is 0 Å². The molecule has 1 rings (SSSR count). The van der Waals surface area contributed by atoms with Crippen molar-refractivity contribution in [2.75, 3.05) is 0 Å². The van der Waals surface area contributed by atoms with E-state index in [0.717, 1.165) is 20.6 Å². The summed E-state index contributed by atoms with van der Waals surface area (Å²) >= 11 is 6.04. The normalized spacial score (nSPS) is 10.3. The van der Waals surface area contributed by atoms with Gasteiger partial charge in [0.05, 0.1) is 0 Å². The maximum atomic E-state index is 6.04. The number of halogens is 1. The molecular weight excluding hydrogens is 196 g/mol. The third kappa shape index (κ3) is 3.97. The van der Waals surface area contributed by atoms with Crippen molar-refractivity contribution in [3.63, 3.8) is 0 Å². The van der Waals surface area contributed by atoms with Crippen LogP contribution in [0.1, 0.15) is 25.3 Å². The first-order valence-corrected chi connectivity index (χ1v) is 6.58. The SMILES string of the molecule is CCCC[Si]Cc1ccccc1Cl. The van der Waals surface area contributed by atoms with Crippen LogP contribution in [0.5, 0.6) is 0 Å². The average Bonchev–Trinajstić information content (AvgIpc) is 2.15. The van der Waals surface area contributed by atoms with E-state index in [1.54, 1.807) is 0 Å². The van der Waals surface area contributed by atoms with E-state index in [9.17, 15) is 0 Å². The summed E-state index contributed by atoms with van der Waals surface area (Å²) in [7, 11) is 1.03. The summed E-state index contributed by atoms with van der Waals surface area (Å²) in [6.07, 6.45) is 2.65. The maximum absolute atomic E-state index is 6.04. The lowest BCUT2D eigenvalue weighted by Gasteiger charge is -2.01. The summed E-state index contributed by atoms with van der Waals surface area (Å²) in [4.78, 5) is 0. The van der Waals surface area contributed by atoms with Crippen molar-refractivity contribution < 1.29 is 0 Å². The van der Waals surface area contributed by atoms with Gasteiger partial charge in [-0.25, -0.2) is 0 Å². The highest BCUT2D eigenvalue weighted by Crippen LogP contribution is 2.15. The molecule has 0 aliphatic heterocycles. The molecule has 0 amide bonds. The maximum Gasteiger partial charge on any atom is 0.0434 e. The summed E-state index contributed by atoms with van der Waals surface area (Å²) < 4.78 is 0. The standard InChI is InChI=1S/C11H15ClSi/c1-2-3-8-13-9-10-6-4-5-7-11(10)12/h4-7H,2-3,8-9H2,1H3. The van der Waals surface area contributed by atoms with Crippen LogP contribution in [0.25, 0.3) is 0 Å². The summed E-state index contributed by atoms with van der Waals surface area (Å²) in [6.45, 7) is 2.24. The summed E-state index contributed by atoms with van der Waals surface area (Å²) in [6, 6.07) is 10.6. The van der Waals surface area contributed by atoms with E-state index in [1.807, 2.05) is 12.1 Å². The van der Waals surface area contributed by atoms with Gasteiger partial charge in [0.25, 0.3) is 0 Å². The Bertz CT molecular complexity index is 248. The van der Waals surface area contributed by atoms with Crippen molar-refractivity contribution in [1.82, 2.24) is 0 Å². The second kappa shape index (κ2) is 6.22. The fourth-order valence-electron chi connectivity index (χ4n) is 1.17. The second-order valence-corrected chi connectivity index (χ2v) is 4.88. The van der Waals surface area contributed by atoms with Crippen LogP contribution < -0.4 is 0 Å². The van der Waals surface area contributed by atoms with Gasteiger partial charge in [0, 0.05) is 14.5 Å². The summed E-state index contributed by atoms with van der Waals surface area (Å²) in [5.74, 6) is 0. The Balaban J connectivity index is 2.32. The molecule has 0 atom stereocenters. The number of benzene rings is 1. The third-order valence-corrected chi connectivity index (χ3v) is 3.69. The van der Waals surface area contributed by atoms with E-state index in [0.29, 0.717) is 0 Å². The van der Waals surface area contributed by atoms with E-state index >= 15 is 0 Å². The largest absolute Gasteiger partial charge is 0.0841 e. The molecule has 1 aromatic carbocycles. The molecule has 0 fully saturated rings. The minimum Gasteiger partial charge on any atom is -0.0841 e. The Labute approximate surface area is 88.1 Å². The van der Waals surface area contributed by atoms with Crippen LogP contribution in [0.3, 0.4) is 0 Å². The van der Waals surface area contributed by atoms with Crippen molar-refractivity contribution >= 4 is 21.1 Å². The zero-order valence-corrected chi connectivity index (χ0v) is 9.77. The molecule has 0 N–H and O–H groups in total. The predicted octanol–water partition coefficient (Wildman–Crippen LogP) is 3.76. The zero-order chi connectivity index (χ0) is 9.52. The fourth-order valence-corrected chi connectivity index (χ4v) is 2.84. The van der Waals surface area contributed by atoms with Crippen molar-refractivity contribution in [2.24, 2.45) is 0 Å². The quantitative estimate of drug-likeness (QED) is 0.513. The van der Waals surface area contributed by atoms with Gasteiger partial charge in [0.15, 0.2) is 0 Å². The van der Waals surface area contributed by atoms with Crippen molar-refractivity contribution in [3.8, 4) is 0 Å². The first kappa shape index (κ1) is 10.8. The van der Waals surface area contributed by atoms with Crippen molar-refractivity contribution in [2.45, 2.75) is 31.9 Å². The molecule has 0 saturated carbocycles. The Morgan fingerprint density at radius 2 is 2.08 bits per heavy atom. The lowest BCUT2D eigenvalue weighted by Crippen LogP contribution is -1.96. The van der Waals surface area contributed by atoms with Gasteiger partial charge in [-0.1, -0.05) is 55.6 Å². The molecule has 13 heavy (non-hydrogen) atoms. The third-order valence-electron chi connectivity index (χ3n) is 1.98. The highest BCUT2D eigenvalue weighted by molar-refractivity contribution is 6.37. The molecule has 2 radical (unpaired) electrons. The Morgan fingerprint density at radius 1 is 1.31 bits per heavy atom. The number of unbranched alkanes of at least 4 members (excludes halogenated alkanes) is 1. The van der Waals surface area contributed by atoms with Crippen LogP contribution in [0.2, 0.25) is 11.1 Å². The highest BCUT2D eigenvalue weighted by atomic mass is 35.5. The Hall–Kier alpha value is -0.273. The Morgan fingerprint density at radius 3 is 2.77 bits per heavy atom. The molecule has 0 spiro atoms. The number of hydrogen-bond donors (Lipinski definition) is 0. The summed E-state index contributed by atoms with van der Waals surface area (Å²) in [5, 5.41) is 0.923. The molecule has 0 aliphatic rings. The molecular formula is C11H15ClSi. The molecule has 0 heterocycles. The van der Waals surface area contributed by atoms with Gasteiger partial charge in [0.1, 0.15) is 0 Å². The van der Waals surface area contributed by atoms with Crippen LogP contribution >= 0.6 is 11.6 Å². The number of hydrogen-bond acceptors (Lipinski definition) is 0. The number of rotatable bonds is 5. The van der Waals surface area contributed by atoms with Gasteiger partial charge in [-0.3, -0.25) is 0 Å². The van der Waals surface area contributed by atoms with Crippen LogP contribution in [0.4, 0.5) is 0 Å². The van der Waals surface area contributed by atoms with Crippen LogP contribution in [0, 0.1) is 0 Å². The zero-order valence-electron chi connectivity index (χ0n) is 8.02. The van der Waals surface area contributed by atoms with Gasteiger partial charge in [0.2, 0.25) is 0 Å². The molecule has 0 unspecified atom stereocenters. The van der Waals surface area contributed by atoms with E-state index < -0.39 is 0 Å². The van der Waals surface area contributed by atoms with Gasteiger partial charge < -0.3 is 0 Å². The fraction of sp³-hybridized carbons (Fsp3) is 0.455. The van der Waals surface area contributed by atoms with E-state index in [1.165, 1.54) is 24.4 Å². The molecule has 1 aromatic rings. The van der Waals surface area contributed by atoms with Crippen LogP contribution in [0.15, 0.2) is 24.3 Å². The molecule has 0 aliphatic carbocycles. The summed E-state index contributed by atoms with van der Waals surface area (Å²) in [5.41, 5.74) is 1.30. The lowest BCUT2D eigenvalue weighted by atomic mass is 10.2. The van der Waals surface area contributed by atoms with Gasteiger partial charge >= 0.3 is 0 Å². The van der Waals surface area contributed by atoms with Crippen LogP contribution in [-0.4, -0.2) is 9.52 Å². The lowest BCUT2D eigenvalue weighted by molar-refractivity contribution is 0.877. The van der Waals surface area contributed by atoms with Crippen molar-refractivity contribution in [3.05, 3.63) is 34.9 Å². The smallest absolute Gasteiger partial charge is 0.0434 e. The molecule has 2 heteroatoms. The minimum absolute atomic E-state index is 0.923. The Kier molecular flexibility index (Phi) is 5.17. The van der Waals surface area contributed by atoms with Crippen molar-refractivity contribution in [1.29, 1.82) is 0 Å². The first-order valence-electron chi connectivity index (χ1n) is 4.78. The first-order chi connectivity index (χ1) is 6.34. The predicted molar refractivity (Wildman–Crippen MR) is 60.6 cm³/mol. The molecule has 0 saturated heterocycles. The van der Waals surface area contributed by atoms with Crippen LogP contribution in [-0.2, 0) is 6.04 Å². The molecule has 0 bridgehead atoms. The van der Waals surface area contributed by atoms with Gasteiger partial charge in [-0.15, -0.1) is 0 Å². The van der Waals surface area contributed by atoms with E-state index in [-0.39, 0.29) is 0 Å². The average molecular weight is 211 g/mol. The second-order valence-electron chi connectivity index (χ2n) is 3.12. The topological polar surface area (TPSA) is 0 Å². The molecule has 0 aromatic heterocycles. The monoisotopic (exact) mass is 210 g/mol. The minimum atomic E-state index is 0.923. The van der Waals surface area contributed by atoms with E-state index in [2.05, 4.69) is 19.1 Å².